The third-order valence-corrected chi connectivity index (χ3v) is 3.30. The Morgan fingerprint density at radius 2 is 1.94 bits per heavy atom. The molecule has 0 aliphatic heterocycles. The molecule has 0 saturated carbocycles. The number of hydrogen-bond acceptors (Lipinski definition) is 3. The van der Waals surface area contributed by atoms with Crippen LogP contribution < -0.4 is 5.73 Å². The van der Waals surface area contributed by atoms with Crippen LogP contribution in [0.3, 0.4) is 0 Å². The van der Waals surface area contributed by atoms with Gasteiger partial charge in [-0.1, -0.05) is 23.7 Å². The zero-order valence-corrected chi connectivity index (χ0v) is 12.2. The molecule has 0 heterocycles. The highest BCUT2D eigenvalue weighted by Crippen LogP contribution is 2.23. The molecular formula is C14H23ClN2O. The molecule has 2 atom stereocenters. The Labute approximate surface area is 115 Å². The van der Waals surface area contributed by atoms with Crippen molar-refractivity contribution in [2.45, 2.75) is 25.4 Å². The summed E-state index contributed by atoms with van der Waals surface area (Å²) >= 11 is 5.92. The van der Waals surface area contributed by atoms with Gasteiger partial charge in [-0.3, -0.25) is 4.90 Å². The van der Waals surface area contributed by atoms with Crippen LogP contribution in [-0.2, 0) is 4.74 Å². The number of ether oxygens (including phenoxy) is 1. The Bertz CT molecular complexity index is 340. The van der Waals surface area contributed by atoms with Crippen molar-refractivity contribution in [2.75, 3.05) is 27.3 Å². The monoisotopic (exact) mass is 270 g/mol. The van der Waals surface area contributed by atoms with Gasteiger partial charge < -0.3 is 10.5 Å². The maximum atomic E-state index is 6.11. The van der Waals surface area contributed by atoms with Crippen LogP contribution in [-0.4, -0.2) is 38.3 Å². The minimum absolute atomic E-state index is 0.0683. The van der Waals surface area contributed by atoms with E-state index in [2.05, 4.69) is 11.9 Å². The molecule has 2 unspecified atom stereocenters. The van der Waals surface area contributed by atoms with E-state index in [1.807, 2.05) is 31.2 Å². The molecule has 1 aromatic carbocycles. The number of hydrogen-bond donors (Lipinski definition) is 1. The molecule has 3 nitrogen and oxygen atoms in total. The van der Waals surface area contributed by atoms with Crippen molar-refractivity contribution in [2.24, 2.45) is 5.73 Å². The number of nitrogens with zero attached hydrogens (tertiary/aromatic N) is 1. The quantitative estimate of drug-likeness (QED) is 0.775. The van der Waals surface area contributed by atoms with E-state index in [4.69, 9.17) is 22.1 Å². The lowest BCUT2D eigenvalue weighted by Gasteiger charge is -2.31. The van der Waals surface area contributed by atoms with Crippen molar-refractivity contribution in [1.29, 1.82) is 0 Å². The van der Waals surface area contributed by atoms with Gasteiger partial charge in [0.05, 0.1) is 0 Å². The topological polar surface area (TPSA) is 38.5 Å². The third-order valence-electron chi connectivity index (χ3n) is 3.04. The standard InChI is InChI=1S/C14H23ClN2O/c1-11(16)14(17(2)9-4-10-18-3)12-5-7-13(15)8-6-12/h5-8,11,14H,4,9-10,16H2,1-3H3. The Morgan fingerprint density at radius 1 is 1.33 bits per heavy atom. The molecule has 0 bridgehead atoms. The minimum Gasteiger partial charge on any atom is -0.385 e. The summed E-state index contributed by atoms with van der Waals surface area (Å²) in [5, 5.41) is 0.754. The summed E-state index contributed by atoms with van der Waals surface area (Å²) in [6, 6.07) is 8.19. The molecule has 4 heteroatoms. The van der Waals surface area contributed by atoms with E-state index in [9.17, 15) is 0 Å². The van der Waals surface area contributed by atoms with E-state index in [1.54, 1.807) is 7.11 Å². The van der Waals surface area contributed by atoms with Gasteiger partial charge in [-0.05, 0) is 38.1 Å². The van der Waals surface area contributed by atoms with Crippen LogP contribution in [0.15, 0.2) is 24.3 Å². The average molecular weight is 271 g/mol. The zero-order chi connectivity index (χ0) is 13.5. The molecule has 2 N–H and O–H groups in total. The number of nitrogens with two attached hydrogens (primary N) is 1. The van der Waals surface area contributed by atoms with Gasteiger partial charge in [0.1, 0.15) is 0 Å². The van der Waals surface area contributed by atoms with E-state index < -0.39 is 0 Å². The van der Waals surface area contributed by atoms with Crippen molar-refractivity contribution in [1.82, 2.24) is 4.90 Å². The van der Waals surface area contributed by atoms with E-state index in [-0.39, 0.29) is 12.1 Å². The van der Waals surface area contributed by atoms with Crippen LogP contribution in [0.25, 0.3) is 0 Å². The molecular weight excluding hydrogens is 248 g/mol. The Balaban J connectivity index is 2.72. The second-order valence-electron chi connectivity index (χ2n) is 4.68. The lowest BCUT2D eigenvalue weighted by molar-refractivity contribution is 0.158. The van der Waals surface area contributed by atoms with Crippen LogP contribution in [0, 0.1) is 0 Å². The first-order chi connectivity index (χ1) is 8.56. The zero-order valence-electron chi connectivity index (χ0n) is 11.4. The van der Waals surface area contributed by atoms with Crippen molar-refractivity contribution in [3.05, 3.63) is 34.9 Å². The van der Waals surface area contributed by atoms with Crippen molar-refractivity contribution in [3.8, 4) is 0 Å². The number of benzene rings is 1. The highest BCUT2D eigenvalue weighted by atomic mass is 35.5. The summed E-state index contributed by atoms with van der Waals surface area (Å²) in [5.41, 5.74) is 7.31. The number of halogens is 1. The van der Waals surface area contributed by atoms with Crippen LogP contribution in [0.1, 0.15) is 24.9 Å². The first-order valence-electron chi connectivity index (χ1n) is 6.26. The molecule has 0 spiro atoms. The lowest BCUT2D eigenvalue weighted by Crippen LogP contribution is -2.38. The molecule has 0 radical (unpaired) electrons. The highest BCUT2D eigenvalue weighted by Gasteiger charge is 2.20. The minimum atomic E-state index is 0.0683. The van der Waals surface area contributed by atoms with E-state index in [0.29, 0.717) is 0 Å². The van der Waals surface area contributed by atoms with Crippen LogP contribution in [0.5, 0.6) is 0 Å². The fraction of sp³-hybridized carbons (Fsp3) is 0.571. The second kappa shape index (κ2) is 7.74. The summed E-state index contributed by atoms with van der Waals surface area (Å²) in [7, 11) is 3.82. The Hall–Kier alpha value is -0.610. The SMILES string of the molecule is COCCCN(C)C(c1ccc(Cl)cc1)C(C)N. The molecule has 0 aliphatic rings. The number of methoxy groups -OCH3 is 1. The molecule has 0 amide bonds. The Morgan fingerprint density at radius 3 is 2.44 bits per heavy atom. The van der Waals surface area contributed by atoms with E-state index >= 15 is 0 Å². The Kier molecular flexibility index (Phi) is 6.65. The molecule has 1 aromatic rings. The summed E-state index contributed by atoms with van der Waals surface area (Å²) in [4.78, 5) is 2.27. The average Bonchev–Trinajstić information content (AvgIpc) is 2.32. The van der Waals surface area contributed by atoms with Gasteiger partial charge in [-0.2, -0.15) is 0 Å². The third kappa shape index (κ3) is 4.58. The predicted molar refractivity (Wildman–Crippen MR) is 77.0 cm³/mol. The van der Waals surface area contributed by atoms with Gasteiger partial charge in [0.25, 0.3) is 0 Å². The molecule has 0 aliphatic carbocycles. The van der Waals surface area contributed by atoms with Crippen molar-refractivity contribution in [3.63, 3.8) is 0 Å². The van der Waals surface area contributed by atoms with E-state index in [1.165, 1.54) is 5.56 Å². The fourth-order valence-corrected chi connectivity index (χ4v) is 2.34. The van der Waals surface area contributed by atoms with E-state index in [0.717, 1.165) is 24.6 Å². The lowest BCUT2D eigenvalue weighted by atomic mass is 9.99. The van der Waals surface area contributed by atoms with Gasteiger partial charge in [0.2, 0.25) is 0 Å². The van der Waals surface area contributed by atoms with Crippen LogP contribution in [0.4, 0.5) is 0 Å². The van der Waals surface area contributed by atoms with Crippen molar-refractivity contribution >= 4 is 11.6 Å². The summed E-state index contributed by atoms with van der Waals surface area (Å²) in [6.45, 7) is 3.77. The largest absolute Gasteiger partial charge is 0.385 e. The van der Waals surface area contributed by atoms with Gasteiger partial charge in [-0.15, -0.1) is 0 Å². The number of likely N-dealkylation sites (N-methyl/N-ethyl adjacent to an activating group) is 1. The summed E-state index contributed by atoms with van der Waals surface area (Å²) in [5.74, 6) is 0. The summed E-state index contributed by atoms with van der Waals surface area (Å²) < 4.78 is 5.08. The van der Waals surface area contributed by atoms with Crippen LogP contribution in [0.2, 0.25) is 5.02 Å². The molecule has 102 valence electrons. The molecule has 0 fully saturated rings. The van der Waals surface area contributed by atoms with Gasteiger partial charge in [-0.25, -0.2) is 0 Å². The maximum absolute atomic E-state index is 6.11. The first kappa shape index (κ1) is 15.4. The van der Waals surface area contributed by atoms with Gasteiger partial charge in [0, 0.05) is 37.4 Å². The maximum Gasteiger partial charge on any atom is 0.0493 e. The second-order valence-corrected chi connectivity index (χ2v) is 5.12. The molecule has 1 rings (SSSR count). The normalized spacial score (nSPS) is 14.8. The molecule has 18 heavy (non-hydrogen) atoms. The molecule has 0 saturated heterocycles. The van der Waals surface area contributed by atoms with Crippen molar-refractivity contribution < 1.29 is 4.74 Å². The van der Waals surface area contributed by atoms with Crippen LogP contribution >= 0.6 is 11.6 Å². The van der Waals surface area contributed by atoms with Gasteiger partial charge in [0.15, 0.2) is 0 Å². The summed E-state index contributed by atoms with van der Waals surface area (Å²) in [6.07, 6.45) is 1.00. The predicted octanol–water partition coefficient (Wildman–Crippen LogP) is 2.70. The van der Waals surface area contributed by atoms with Gasteiger partial charge >= 0.3 is 0 Å². The first-order valence-corrected chi connectivity index (χ1v) is 6.64. The smallest absolute Gasteiger partial charge is 0.0493 e. The molecule has 0 aromatic heterocycles. The highest BCUT2D eigenvalue weighted by molar-refractivity contribution is 6.30. The number of rotatable bonds is 7. The fourth-order valence-electron chi connectivity index (χ4n) is 2.22.